The number of amides is 1. The fourth-order valence-electron chi connectivity index (χ4n) is 0.315. The molecule has 0 heterocycles. The van der Waals surface area contributed by atoms with Gasteiger partial charge in [0.1, 0.15) is 0 Å². The molecule has 0 radical (unpaired) electrons. The molecule has 0 spiro atoms. The van der Waals surface area contributed by atoms with E-state index >= 15 is 0 Å². The highest BCUT2D eigenvalue weighted by molar-refractivity contribution is 7.80. The summed E-state index contributed by atoms with van der Waals surface area (Å²) in [5.74, 6) is -0.237. The number of ether oxygens (including phenoxy) is 1. The lowest BCUT2D eigenvalue weighted by Crippen LogP contribution is -2.34. The zero-order valence-corrected chi connectivity index (χ0v) is 6.53. The van der Waals surface area contributed by atoms with Crippen LogP contribution in [-0.2, 0) is 9.53 Å². The van der Waals surface area contributed by atoms with Crippen LogP contribution in [0, 0.1) is 0 Å². The van der Waals surface area contributed by atoms with Crippen molar-refractivity contribution in [2.75, 3.05) is 20.2 Å². The fourth-order valence-corrected chi connectivity index (χ4v) is 0.387. The number of carbonyl (C=O) groups excluding carboxylic acids is 1. The molecule has 0 aliphatic rings. The maximum Gasteiger partial charge on any atom is 0.234 e. The highest BCUT2D eigenvalue weighted by Gasteiger charge is 1.97. The van der Waals surface area contributed by atoms with Gasteiger partial charge in [-0.3, -0.25) is 4.79 Å². The number of hydrogen-bond acceptors (Lipinski definition) is 4. The van der Waals surface area contributed by atoms with E-state index in [0.717, 1.165) is 0 Å². The topological polar surface area (TPSA) is 64.3 Å². The summed E-state index contributed by atoms with van der Waals surface area (Å²) in [6.07, 6.45) is 0. The first-order chi connectivity index (χ1) is 4.70. The Morgan fingerprint density at radius 2 is 2.40 bits per heavy atom. The smallest absolute Gasteiger partial charge is 0.234 e. The molecule has 0 aliphatic carbocycles. The number of methoxy groups -OCH3 is 1. The minimum absolute atomic E-state index is 0.0215. The van der Waals surface area contributed by atoms with Gasteiger partial charge in [0, 0.05) is 0 Å². The third-order valence-electron chi connectivity index (χ3n) is 0.843. The number of thiocarbonyl (C=S) groups is 1. The Morgan fingerprint density at radius 1 is 1.80 bits per heavy atom. The summed E-state index contributed by atoms with van der Waals surface area (Å²) < 4.78 is 4.62. The van der Waals surface area contributed by atoms with E-state index in [0.29, 0.717) is 5.05 Å². The van der Waals surface area contributed by atoms with E-state index < -0.39 is 0 Å². The van der Waals surface area contributed by atoms with Crippen molar-refractivity contribution in [1.29, 1.82) is 0 Å². The van der Waals surface area contributed by atoms with Gasteiger partial charge in [-0.1, -0.05) is 0 Å². The van der Waals surface area contributed by atoms with Crippen LogP contribution in [0.3, 0.4) is 0 Å². The minimum Gasteiger partial charge on any atom is -0.488 e. The van der Waals surface area contributed by atoms with E-state index in [1.807, 2.05) is 0 Å². The van der Waals surface area contributed by atoms with Crippen LogP contribution in [-0.4, -0.2) is 31.2 Å². The molecule has 0 atom stereocenters. The van der Waals surface area contributed by atoms with E-state index in [1.165, 1.54) is 7.11 Å². The largest absolute Gasteiger partial charge is 0.488 e. The van der Waals surface area contributed by atoms with Crippen LogP contribution in [0.5, 0.6) is 0 Å². The summed E-state index contributed by atoms with van der Waals surface area (Å²) in [4.78, 5) is 10.5. The SMILES string of the molecule is COC(=S)CNC(=O)CN. The third kappa shape index (κ3) is 4.22. The van der Waals surface area contributed by atoms with Crippen LogP contribution in [0.4, 0.5) is 0 Å². The summed E-state index contributed by atoms with van der Waals surface area (Å²) in [6.45, 7) is 0.230. The Labute approximate surface area is 64.7 Å². The Kier molecular flexibility index (Phi) is 4.78. The predicted molar refractivity (Wildman–Crippen MR) is 41.7 cm³/mol. The van der Waals surface area contributed by atoms with Crippen molar-refractivity contribution in [2.45, 2.75) is 0 Å². The number of nitrogens with one attached hydrogen (secondary N) is 1. The molecule has 3 N–H and O–H groups in total. The number of nitrogens with two attached hydrogens (primary N) is 1. The standard InChI is InChI=1S/C5H10N2O2S/c1-9-5(10)3-7-4(8)2-6/h2-3,6H2,1H3,(H,7,8). The average Bonchev–Trinajstić information content (AvgIpc) is 1.99. The summed E-state index contributed by atoms with van der Waals surface area (Å²) in [5, 5.41) is 2.80. The molecule has 0 unspecified atom stereocenters. The monoisotopic (exact) mass is 162 g/mol. The second kappa shape index (κ2) is 5.13. The summed E-state index contributed by atoms with van der Waals surface area (Å²) in [6, 6.07) is 0. The van der Waals surface area contributed by atoms with Gasteiger partial charge in [-0.05, 0) is 12.2 Å². The fraction of sp³-hybridized carbons (Fsp3) is 0.600. The van der Waals surface area contributed by atoms with Crippen LogP contribution < -0.4 is 11.1 Å². The zero-order valence-electron chi connectivity index (χ0n) is 5.72. The van der Waals surface area contributed by atoms with Gasteiger partial charge in [0.15, 0.2) is 5.05 Å². The molecule has 58 valence electrons. The molecule has 0 fully saturated rings. The van der Waals surface area contributed by atoms with E-state index in [4.69, 9.17) is 5.73 Å². The predicted octanol–water partition coefficient (Wildman–Crippen LogP) is -0.965. The molecule has 0 aromatic rings. The van der Waals surface area contributed by atoms with Crippen molar-refractivity contribution in [1.82, 2.24) is 5.32 Å². The van der Waals surface area contributed by atoms with Gasteiger partial charge in [0.05, 0.1) is 20.2 Å². The molecule has 0 bridgehead atoms. The quantitative estimate of drug-likeness (QED) is 0.524. The molecular weight excluding hydrogens is 152 g/mol. The lowest BCUT2D eigenvalue weighted by atomic mass is 10.5. The first-order valence-corrected chi connectivity index (χ1v) is 3.15. The zero-order chi connectivity index (χ0) is 7.98. The summed E-state index contributed by atoms with van der Waals surface area (Å²) >= 11 is 4.64. The van der Waals surface area contributed by atoms with Gasteiger partial charge in [0.2, 0.25) is 5.91 Å². The van der Waals surface area contributed by atoms with Crippen molar-refractivity contribution in [3.8, 4) is 0 Å². The van der Waals surface area contributed by atoms with Crippen LogP contribution >= 0.6 is 12.2 Å². The maximum atomic E-state index is 10.5. The van der Waals surface area contributed by atoms with Crippen LogP contribution in [0.25, 0.3) is 0 Å². The number of carbonyl (C=O) groups is 1. The van der Waals surface area contributed by atoms with Crippen molar-refractivity contribution in [3.05, 3.63) is 0 Å². The van der Waals surface area contributed by atoms with Crippen LogP contribution in [0.2, 0.25) is 0 Å². The normalized spacial score (nSPS) is 8.60. The van der Waals surface area contributed by atoms with E-state index in [-0.39, 0.29) is 19.0 Å². The third-order valence-corrected chi connectivity index (χ3v) is 1.15. The summed E-state index contributed by atoms with van der Waals surface area (Å²) in [7, 11) is 1.46. The van der Waals surface area contributed by atoms with Gasteiger partial charge in [0.25, 0.3) is 0 Å². The van der Waals surface area contributed by atoms with Gasteiger partial charge < -0.3 is 15.8 Å². The highest BCUT2D eigenvalue weighted by atomic mass is 32.1. The Hall–Kier alpha value is -0.680. The lowest BCUT2D eigenvalue weighted by Gasteiger charge is -2.02. The van der Waals surface area contributed by atoms with Crippen molar-refractivity contribution in [3.63, 3.8) is 0 Å². The van der Waals surface area contributed by atoms with Crippen molar-refractivity contribution in [2.24, 2.45) is 5.73 Å². The molecule has 0 saturated heterocycles. The minimum atomic E-state index is -0.237. The van der Waals surface area contributed by atoms with Gasteiger partial charge in [-0.2, -0.15) is 0 Å². The first-order valence-electron chi connectivity index (χ1n) is 2.74. The van der Waals surface area contributed by atoms with Crippen molar-refractivity contribution >= 4 is 23.2 Å². The molecule has 4 nitrogen and oxygen atoms in total. The Bertz CT molecular complexity index is 122. The molecule has 10 heavy (non-hydrogen) atoms. The number of rotatable bonds is 3. The molecular formula is C5H10N2O2S. The van der Waals surface area contributed by atoms with Crippen molar-refractivity contribution < 1.29 is 9.53 Å². The van der Waals surface area contributed by atoms with Crippen LogP contribution in [0.1, 0.15) is 0 Å². The van der Waals surface area contributed by atoms with Gasteiger partial charge >= 0.3 is 0 Å². The molecule has 0 aromatic carbocycles. The molecule has 5 heteroatoms. The Morgan fingerprint density at radius 3 is 2.80 bits per heavy atom. The molecule has 0 saturated carbocycles. The van der Waals surface area contributed by atoms with Gasteiger partial charge in [-0.25, -0.2) is 0 Å². The lowest BCUT2D eigenvalue weighted by molar-refractivity contribution is -0.119. The Balaban J connectivity index is 3.35. The van der Waals surface area contributed by atoms with E-state index in [1.54, 1.807) is 0 Å². The second-order valence-electron chi connectivity index (χ2n) is 1.56. The molecule has 0 aliphatic heterocycles. The maximum absolute atomic E-state index is 10.5. The molecule has 1 amide bonds. The highest BCUT2D eigenvalue weighted by Crippen LogP contribution is 1.74. The molecule has 0 rings (SSSR count). The number of hydrogen-bond donors (Lipinski definition) is 2. The van der Waals surface area contributed by atoms with Crippen LogP contribution in [0.15, 0.2) is 0 Å². The second-order valence-corrected chi connectivity index (χ2v) is 2.01. The molecule has 0 aromatic heterocycles. The summed E-state index contributed by atoms with van der Waals surface area (Å²) in [5.41, 5.74) is 5.00. The van der Waals surface area contributed by atoms with E-state index in [9.17, 15) is 4.79 Å². The van der Waals surface area contributed by atoms with Gasteiger partial charge in [-0.15, -0.1) is 0 Å². The van der Waals surface area contributed by atoms with E-state index in [2.05, 4.69) is 22.3 Å². The first kappa shape index (κ1) is 9.32. The average molecular weight is 162 g/mol.